The average molecular weight is 361 g/mol. The molecule has 0 saturated carbocycles. The maximum absolute atomic E-state index is 12.4. The van der Waals surface area contributed by atoms with Gasteiger partial charge in [-0.2, -0.15) is 0 Å². The van der Waals surface area contributed by atoms with E-state index >= 15 is 0 Å². The average Bonchev–Trinajstić information content (AvgIpc) is 2.98. The first-order valence-corrected chi connectivity index (χ1v) is 8.16. The van der Waals surface area contributed by atoms with Crippen molar-refractivity contribution in [3.63, 3.8) is 0 Å². The van der Waals surface area contributed by atoms with Crippen LogP contribution < -0.4 is 5.32 Å². The third-order valence-corrected chi connectivity index (χ3v) is 4.87. The zero-order valence-corrected chi connectivity index (χ0v) is 14.4. The smallest absolute Gasteiger partial charge is 0.270 e. The lowest BCUT2D eigenvalue weighted by atomic mass is 10.00. The molecule has 3 rings (SSSR count). The van der Waals surface area contributed by atoms with Gasteiger partial charge in [-0.25, -0.2) is 0 Å². The third-order valence-electron chi connectivity index (χ3n) is 4.56. The van der Waals surface area contributed by atoms with Gasteiger partial charge in [0, 0.05) is 38.6 Å². The second kappa shape index (κ2) is 6.82. The number of nitro groups is 1. The van der Waals surface area contributed by atoms with Crippen LogP contribution >= 0.6 is 11.6 Å². The second-order valence-corrected chi connectivity index (χ2v) is 6.52. The van der Waals surface area contributed by atoms with E-state index in [4.69, 9.17) is 16.3 Å². The molecule has 0 spiro atoms. The Bertz CT molecular complexity index is 813. The molecule has 1 aliphatic carbocycles. The maximum atomic E-state index is 12.4. The largest absolute Gasteiger partial charge is 0.376 e. The molecule has 6 nitrogen and oxygen atoms in total. The second-order valence-electron chi connectivity index (χ2n) is 6.11. The molecule has 2 aromatic rings. The summed E-state index contributed by atoms with van der Waals surface area (Å²) in [4.78, 5) is 22.6. The standard InChI is InChI=1S/C18H17ClN2O4/c1-25-18(9-12-4-2-3-5-13(12)10-18)11-20-17(22)15-7-6-14(21(23)24)8-16(15)19/h2-8H,9-11H2,1H3,(H,20,22). The predicted molar refractivity (Wildman–Crippen MR) is 94.0 cm³/mol. The number of amides is 1. The molecule has 130 valence electrons. The van der Waals surface area contributed by atoms with E-state index in [-0.39, 0.29) is 22.2 Å². The van der Waals surface area contributed by atoms with Crippen molar-refractivity contribution in [3.05, 3.63) is 74.3 Å². The van der Waals surface area contributed by atoms with Crippen LogP contribution in [0.5, 0.6) is 0 Å². The summed E-state index contributed by atoms with van der Waals surface area (Å²) in [5, 5.41) is 13.6. The lowest BCUT2D eigenvalue weighted by molar-refractivity contribution is -0.384. The van der Waals surface area contributed by atoms with Crippen molar-refractivity contribution in [1.29, 1.82) is 0 Å². The van der Waals surface area contributed by atoms with Gasteiger partial charge in [0.2, 0.25) is 0 Å². The van der Waals surface area contributed by atoms with Gasteiger partial charge >= 0.3 is 0 Å². The van der Waals surface area contributed by atoms with Crippen LogP contribution in [0.2, 0.25) is 5.02 Å². The first kappa shape index (κ1) is 17.4. The van der Waals surface area contributed by atoms with Gasteiger partial charge < -0.3 is 10.1 Å². The van der Waals surface area contributed by atoms with E-state index in [0.717, 1.165) is 0 Å². The van der Waals surface area contributed by atoms with Gasteiger partial charge in [-0.05, 0) is 17.2 Å². The summed E-state index contributed by atoms with van der Waals surface area (Å²) in [6.07, 6.45) is 1.43. The molecule has 0 bridgehead atoms. The van der Waals surface area contributed by atoms with Gasteiger partial charge in [-0.15, -0.1) is 0 Å². The van der Waals surface area contributed by atoms with Gasteiger partial charge in [-0.1, -0.05) is 35.9 Å². The number of nitro benzene ring substituents is 1. The molecular weight excluding hydrogens is 344 g/mol. The van der Waals surface area contributed by atoms with Crippen LogP contribution in [0.25, 0.3) is 0 Å². The highest BCUT2D eigenvalue weighted by Crippen LogP contribution is 2.32. The Morgan fingerprint density at radius 2 is 1.92 bits per heavy atom. The first-order chi connectivity index (χ1) is 11.9. The van der Waals surface area contributed by atoms with Gasteiger partial charge in [-0.3, -0.25) is 14.9 Å². The van der Waals surface area contributed by atoms with Crippen LogP contribution in [-0.2, 0) is 17.6 Å². The Hall–Kier alpha value is -2.44. The lowest BCUT2D eigenvalue weighted by Crippen LogP contribution is -2.45. The summed E-state index contributed by atoms with van der Waals surface area (Å²) in [6.45, 7) is 0.324. The van der Waals surface area contributed by atoms with Gasteiger partial charge in [0.1, 0.15) is 0 Å². The van der Waals surface area contributed by atoms with Crippen molar-refractivity contribution in [1.82, 2.24) is 5.32 Å². The number of nitrogens with one attached hydrogen (secondary N) is 1. The highest BCUT2D eigenvalue weighted by molar-refractivity contribution is 6.34. The molecular formula is C18H17ClN2O4. The Balaban J connectivity index is 1.71. The molecule has 2 aromatic carbocycles. The fourth-order valence-corrected chi connectivity index (χ4v) is 3.40. The number of non-ortho nitro benzene ring substituents is 1. The Labute approximate surface area is 149 Å². The zero-order chi connectivity index (χ0) is 18.0. The molecule has 1 N–H and O–H groups in total. The monoisotopic (exact) mass is 360 g/mol. The Morgan fingerprint density at radius 3 is 2.44 bits per heavy atom. The molecule has 7 heteroatoms. The zero-order valence-electron chi connectivity index (χ0n) is 13.6. The number of rotatable bonds is 5. The summed E-state index contributed by atoms with van der Waals surface area (Å²) in [5.41, 5.74) is 1.99. The summed E-state index contributed by atoms with van der Waals surface area (Å²) < 4.78 is 5.71. The molecule has 0 radical (unpaired) electrons. The van der Waals surface area contributed by atoms with Crippen LogP contribution in [-0.4, -0.2) is 30.1 Å². The van der Waals surface area contributed by atoms with Crippen molar-refractivity contribution >= 4 is 23.2 Å². The van der Waals surface area contributed by atoms with E-state index in [1.807, 2.05) is 12.1 Å². The van der Waals surface area contributed by atoms with E-state index in [1.54, 1.807) is 7.11 Å². The van der Waals surface area contributed by atoms with E-state index < -0.39 is 10.5 Å². The topological polar surface area (TPSA) is 81.5 Å². The molecule has 0 atom stereocenters. The maximum Gasteiger partial charge on any atom is 0.270 e. The molecule has 0 aromatic heterocycles. The molecule has 25 heavy (non-hydrogen) atoms. The van der Waals surface area contributed by atoms with Gasteiger partial charge in [0.05, 0.1) is 21.1 Å². The molecule has 0 fully saturated rings. The van der Waals surface area contributed by atoms with Crippen molar-refractivity contribution in [2.45, 2.75) is 18.4 Å². The number of benzene rings is 2. The normalized spacial score (nSPS) is 14.8. The minimum Gasteiger partial charge on any atom is -0.376 e. The number of hydrogen-bond acceptors (Lipinski definition) is 4. The number of nitrogens with zero attached hydrogens (tertiary/aromatic N) is 1. The van der Waals surface area contributed by atoms with Gasteiger partial charge in [0.15, 0.2) is 0 Å². The summed E-state index contributed by atoms with van der Waals surface area (Å²) in [5.74, 6) is -0.382. The number of halogens is 1. The quantitative estimate of drug-likeness (QED) is 0.656. The SMILES string of the molecule is COC1(CNC(=O)c2ccc([N+](=O)[O-])cc2Cl)Cc2ccccc2C1. The number of ether oxygens (including phenoxy) is 1. The molecule has 1 amide bonds. The molecule has 0 heterocycles. The number of fused-ring (bicyclic) bond motifs is 1. The van der Waals surface area contributed by atoms with Crippen LogP contribution in [0.15, 0.2) is 42.5 Å². The fourth-order valence-electron chi connectivity index (χ4n) is 3.14. The van der Waals surface area contributed by atoms with Crippen LogP contribution in [0, 0.1) is 10.1 Å². The first-order valence-electron chi connectivity index (χ1n) is 7.78. The van der Waals surface area contributed by atoms with E-state index in [9.17, 15) is 14.9 Å². The molecule has 1 aliphatic rings. The van der Waals surface area contributed by atoms with E-state index in [2.05, 4.69) is 17.4 Å². The molecule has 0 unspecified atom stereocenters. The third kappa shape index (κ3) is 3.50. The highest BCUT2D eigenvalue weighted by Gasteiger charge is 2.37. The summed E-state index contributed by atoms with van der Waals surface area (Å²) in [7, 11) is 1.64. The predicted octanol–water partition coefficient (Wildman–Crippen LogP) is 3.16. The van der Waals surface area contributed by atoms with Crippen LogP contribution in [0.4, 0.5) is 5.69 Å². The number of carbonyl (C=O) groups excluding carboxylic acids is 1. The minimum absolute atomic E-state index is 0.0490. The van der Waals surface area contributed by atoms with E-state index in [0.29, 0.717) is 19.4 Å². The molecule has 0 aliphatic heterocycles. The Morgan fingerprint density at radius 1 is 1.28 bits per heavy atom. The van der Waals surface area contributed by atoms with Crippen molar-refractivity contribution in [3.8, 4) is 0 Å². The summed E-state index contributed by atoms with van der Waals surface area (Å²) >= 11 is 6.01. The Kier molecular flexibility index (Phi) is 4.74. The van der Waals surface area contributed by atoms with Crippen molar-refractivity contribution < 1.29 is 14.5 Å². The lowest BCUT2D eigenvalue weighted by Gasteiger charge is -2.27. The van der Waals surface area contributed by atoms with Crippen molar-refractivity contribution in [2.75, 3.05) is 13.7 Å². The highest BCUT2D eigenvalue weighted by atomic mass is 35.5. The number of methoxy groups -OCH3 is 1. The minimum atomic E-state index is -0.552. The number of hydrogen-bond donors (Lipinski definition) is 1. The van der Waals surface area contributed by atoms with Crippen LogP contribution in [0.3, 0.4) is 0 Å². The van der Waals surface area contributed by atoms with E-state index in [1.165, 1.54) is 29.3 Å². The van der Waals surface area contributed by atoms with Crippen molar-refractivity contribution in [2.24, 2.45) is 0 Å². The molecule has 0 saturated heterocycles. The van der Waals surface area contributed by atoms with Crippen LogP contribution in [0.1, 0.15) is 21.5 Å². The van der Waals surface area contributed by atoms with Gasteiger partial charge in [0.25, 0.3) is 11.6 Å². The fraction of sp³-hybridized carbons (Fsp3) is 0.278. The number of carbonyl (C=O) groups is 1. The summed E-state index contributed by atoms with van der Waals surface area (Å²) in [6, 6.07) is 11.9.